The third-order valence-corrected chi connectivity index (χ3v) is 5.83. The predicted octanol–water partition coefficient (Wildman–Crippen LogP) is 1.83. The Bertz CT molecular complexity index is 309. The molecular weight excluding hydrogens is 262 g/mol. The molecule has 21 heavy (non-hydrogen) atoms. The van der Waals surface area contributed by atoms with Gasteiger partial charge in [-0.1, -0.05) is 12.8 Å². The van der Waals surface area contributed by atoms with E-state index < -0.39 is 0 Å². The summed E-state index contributed by atoms with van der Waals surface area (Å²) in [6, 6.07) is 0.781. The summed E-state index contributed by atoms with van der Waals surface area (Å²) in [5.74, 6) is 0. The Morgan fingerprint density at radius 3 is 2.52 bits per heavy atom. The van der Waals surface area contributed by atoms with Gasteiger partial charge in [0.25, 0.3) is 0 Å². The van der Waals surface area contributed by atoms with Gasteiger partial charge in [0.1, 0.15) is 0 Å². The van der Waals surface area contributed by atoms with E-state index in [0.29, 0.717) is 0 Å². The van der Waals surface area contributed by atoms with E-state index in [2.05, 4.69) is 9.80 Å². The zero-order valence-electron chi connectivity index (χ0n) is 13.6. The SMILES string of the molecule is NCCCCN1CCN(C2CCOC3(CCCC3)C2)CC1. The third kappa shape index (κ3) is 3.98. The zero-order chi connectivity index (χ0) is 14.5. The number of hydrogen-bond acceptors (Lipinski definition) is 4. The largest absolute Gasteiger partial charge is 0.375 e. The van der Waals surface area contributed by atoms with Gasteiger partial charge < -0.3 is 15.4 Å². The molecule has 0 amide bonds. The fraction of sp³-hybridized carbons (Fsp3) is 1.00. The van der Waals surface area contributed by atoms with Gasteiger partial charge in [-0.2, -0.15) is 0 Å². The molecule has 1 unspecified atom stereocenters. The fourth-order valence-electron chi connectivity index (χ4n) is 4.51. The summed E-state index contributed by atoms with van der Waals surface area (Å²) in [5.41, 5.74) is 5.85. The van der Waals surface area contributed by atoms with Crippen molar-refractivity contribution in [2.24, 2.45) is 5.73 Å². The Hall–Kier alpha value is -0.160. The monoisotopic (exact) mass is 295 g/mol. The summed E-state index contributed by atoms with van der Waals surface area (Å²) >= 11 is 0. The van der Waals surface area contributed by atoms with Crippen molar-refractivity contribution in [2.45, 2.75) is 63.0 Å². The highest BCUT2D eigenvalue weighted by Gasteiger charge is 2.41. The van der Waals surface area contributed by atoms with Gasteiger partial charge in [-0.05, 0) is 51.6 Å². The first-order valence-corrected chi connectivity index (χ1v) is 9.12. The Morgan fingerprint density at radius 1 is 1.05 bits per heavy atom. The van der Waals surface area contributed by atoms with E-state index in [1.807, 2.05) is 0 Å². The van der Waals surface area contributed by atoms with Gasteiger partial charge in [0.2, 0.25) is 0 Å². The van der Waals surface area contributed by atoms with Gasteiger partial charge in [-0.3, -0.25) is 4.90 Å². The highest BCUT2D eigenvalue weighted by molar-refractivity contribution is 4.95. The zero-order valence-corrected chi connectivity index (χ0v) is 13.6. The maximum absolute atomic E-state index is 6.19. The molecule has 0 aromatic rings. The van der Waals surface area contributed by atoms with Crippen LogP contribution in [-0.4, -0.2) is 67.3 Å². The second-order valence-corrected chi connectivity index (χ2v) is 7.26. The average Bonchev–Trinajstić information content (AvgIpc) is 2.96. The molecule has 0 aromatic heterocycles. The van der Waals surface area contributed by atoms with Gasteiger partial charge in [-0.15, -0.1) is 0 Å². The number of nitrogens with two attached hydrogens (primary N) is 1. The Morgan fingerprint density at radius 2 is 1.81 bits per heavy atom. The minimum atomic E-state index is 0.265. The van der Waals surface area contributed by atoms with Crippen LogP contribution in [0.25, 0.3) is 0 Å². The highest BCUT2D eigenvalue weighted by atomic mass is 16.5. The van der Waals surface area contributed by atoms with Gasteiger partial charge in [-0.25, -0.2) is 0 Å². The van der Waals surface area contributed by atoms with Crippen molar-refractivity contribution >= 4 is 0 Å². The minimum Gasteiger partial charge on any atom is -0.375 e. The summed E-state index contributed by atoms with van der Waals surface area (Å²) in [5, 5.41) is 0. The lowest BCUT2D eigenvalue weighted by Gasteiger charge is -2.45. The number of ether oxygens (including phenoxy) is 1. The molecule has 4 nitrogen and oxygen atoms in total. The van der Waals surface area contributed by atoms with Crippen LogP contribution in [0.2, 0.25) is 0 Å². The lowest BCUT2D eigenvalue weighted by molar-refractivity contribution is -0.105. The van der Waals surface area contributed by atoms with Crippen LogP contribution in [0, 0.1) is 0 Å². The summed E-state index contributed by atoms with van der Waals surface area (Å²) in [7, 11) is 0. The van der Waals surface area contributed by atoms with E-state index in [1.54, 1.807) is 0 Å². The summed E-state index contributed by atoms with van der Waals surface area (Å²) in [6.07, 6.45) is 10.3. The molecule has 1 saturated carbocycles. The van der Waals surface area contributed by atoms with Crippen molar-refractivity contribution in [3.8, 4) is 0 Å². The molecule has 0 bridgehead atoms. The van der Waals surface area contributed by atoms with Crippen LogP contribution in [0.15, 0.2) is 0 Å². The molecular formula is C17H33N3O. The normalized spacial score (nSPS) is 31.0. The predicted molar refractivity (Wildman–Crippen MR) is 86.5 cm³/mol. The van der Waals surface area contributed by atoms with Crippen molar-refractivity contribution in [1.82, 2.24) is 9.80 Å². The van der Waals surface area contributed by atoms with Crippen LogP contribution >= 0.6 is 0 Å². The summed E-state index contributed by atoms with van der Waals surface area (Å²) < 4.78 is 6.19. The molecule has 3 fully saturated rings. The Balaban J connectivity index is 1.43. The molecule has 3 rings (SSSR count). The molecule has 3 aliphatic rings. The fourth-order valence-corrected chi connectivity index (χ4v) is 4.51. The standard InChI is InChI=1S/C17H33N3O/c18-8-3-4-9-19-10-12-20(13-11-19)16-5-14-21-17(15-16)6-1-2-7-17/h16H,1-15,18H2. The van der Waals surface area contributed by atoms with Gasteiger partial charge in [0, 0.05) is 38.8 Å². The topological polar surface area (TPSA) is 41.7 Å². The van der Waals surface area contributed by atoms with E-state index >= 15 is 0 Å². The number of unbranched alkanes of at least 4 members (excludes halogenated alkanes) is 1. The summed E-state index contributed by atoms with van der Waals surface area (Å²) in [4.78, 5) is 5.37. The number of nitrogens with zero attached hydrogens (tertiary/aromatic N) is 2. The molecule has 2 saturated heterocycles. The van der Waals surface area contributed by atoms with Crippen molar-refractivity contribution in [3.05, 3.63) is 0 Å². The number of hydrogen-bond donors (Lipinski definition) is 1. The van der Waals surface area contributed by atoms with E-state index in [4.69, 9.17) is 10.5 Å². The second-order valence-electron chi connectivity index (χ2n) is 7.26. The Kier molecular flexibility index (Phi) is 5.54. The molecule has 1 spiro atoms. The highest BCUT2D eigenvalue weighted by Crippen LogP contribution is 2.41. The molecule has 4 heteroatoms. The van der Waals surface area contributed by atoms with Crippen molar-refractivity contribution in [3.63, 3.8) is 0 Å². The van der Waals surface area contributed by atoms with Crippen LogP contribution < -0.4 is 5.73 Å². The maximum atomic E-state index is 6.19. The van der Waals surface area contributed by atoms with Crippen LogP contribution in [-0.2, 0) is 4.74 Å². The van der Waals surface area contributed by atoms with E-state index in [9.17, 15) is 0 Å². The first-order chi connectivity index (χ1) is 10.3. The van der Waals surface area contributed by atoms with Gasteiger partial charge in [0.15, 0.2) is 0 Å². The third-order valence-electron chi connectivity index (χ3n) is 5.83. The average molecular weight is 295 g/mol. The number of piperazine rings is 1. The van der Waals surface area contributed by atoms with Crippen molar-refractivity contribution in [1.29, 1.82) is 0 Å². The second kappa shape index (κ2) is 7.40. The maximum Gasteiger partial charge on any atom is 0.0697 e. The molecule has 1 aliphatic carbocycles. The van der Waals surface area contributed by atoms with E-state index in [1.165, 1.54) is 84.1 Å². The van der Waals surface area contributed by atoms with E-state index in [0.717, 1.165) is 19.2 Å². The number of rotatable bonds is 5. The molecule has 2 N–H and O–H groups in total. The molecule has 2 heterocycles. The van der Waals surface area contributed by atoms with Gasteiger partial charge in [0.05, 0.1) is 5.60 Å². The molecule has 122 valence electrons. The summed E-state index contributed by atoms with van der Waals surface area (Å²) in [6.45, 7) is 8.06. The first kappa shape index (κ1) is 15.7. The smallest absolute Gasteiger partial charge is 0.0697 e. The molecule has 0 radical (unpaired) electrons. The Labute approximate surface area is 130 Å². The van der Waals surface area contributed by atoms with Crippen LogP contribution in [0.4, 0.5) is 0 Å². The van der Waals surface area contributed by atoms with Crippen LogP contribution in [0.5, 0.6) is 0 Å². The molecule has 2 aliphatic heterocycles. The first-order valence-electron chi connectivity index (χ1n) is 9.12. The van der Waals surface area contributed by atoms with Crippen LogP contribution in [0.1, 0.15) is 51.4 Å². The molecule has 0 aromatic carbocycles. The molecule has 1 atom stereocenters. The minimum absolute atomic E-state index is 0.265. The van der Waals surface area contributed by atoms with Gasteiger partial charge >= 0.3 is 0 Å². The van der Waals surface area contributed by atoms with E-state index in [-0.39, 0.29) is 5.60 Å². The van der Waals surface area contributed by atoms with Crippen LogP contribution in [0.3, 0.4) is 0 Å². The van der Waals surface area contributed by atoms with Crippen molar-refractivity contribution in [2.75, 3.05) is 45.9 Å². The van der Waals surface area contributed by atoms with Crippen molar-refractivity contribution < 1.29 is 4.74 Å². The lowest BCUT2D eigenvalue weighted by Crippen LogP contribution is -2.54. The lowest BCUT2D eigenvalue weighted by atomic mass is 9.88. The quantitative estimate of drug-likeness (QED) is 0.786.